The zero-order valence-corrected chi connectivity index (χ0v) is 18.8. The Kier molecular flexibility index (Phi) is 5.68. The van der Waals surface area contributed by atoms with Crippen LogP contribution >= 0.6 is 0 Å². The van der Waals surface area contributed by atoms with Crippen molar-refractivity contribution in [3.05, 3.63) is 114 Å². The van der Waals surface area contributed by atoms with Crippen LogP contribution in [0.15, 0.2) is 97.1 Å². The van der Waals surface area contributed by atoms with Crippen LogP contribution in [0.5, 0.6) is 5.75 Å². The number of nitrogen functional groups attached to an aromatic ring is 1. The molecule has 1 heterocycles. The zero-order chi connectivity index (χ0) is 23.5. The number of nitriles is 1. The molecule has 2 N–H and O–H groups in total. The van der Waals surface area contributed by atoms with Gasteiger partial charge >= 0.3 is 0 Å². The molecule has 1 aromatic heterocycles. The third-order valence-electron chi connectivity index (χ3n) is 6.00. The van der Waals surface area contributed by atoms with Gasteiger partial charge in [-0.15, -0.1) is 0 Å². The van der Waals surface area contributed by atoms with E-state index >= 15 is 0 Å². The zero-order valence-electron chi connectivity index (χ0n) is 18.8. The first-order valence-corrected chi connectivity index (χ1v) is 11.1. The first-order valence-electron chi connectivity index (χ1n) is 11.1. The fourth-order valence-corrected chi connectivity index (χ4v) is 4.38. The number of ether oxygens (including phenoxy) is 1. The second-order valence-corrected chi connectivity index (χ2v) is 8.14. The Morgan fingerprint density at radius 2 is 1.47 bits per heavy atom. The maximum atomic E-state index is 9.88. The van der Waals surface area contributed by atoms with Crippen molar-refractivity contribution in [2.24, 2.45) is 0 Å². The van der Waals surface area contributed by atoms with Crippen LogP contribution in [-0.4, -0.2) is 4.98 Å². The van der Waals surface area contributed by atoms with Crippen LogP contribution in [0.25, 0.3) is 33.0 Å². The van der Waals surface area contributed by atoms with Gasteiger partial charge in [0.1, 0.15) is 29.8 Å². The van der Waals surface area contributed by atoms with E-state index in [-0.39, 0.29) is 5.82 Å². The van der Waals surface area contributed by atoms with Crippen molar-refractivity contribution >= 4 is 16.6 Å². The van der Waals surface area contributed by atoms with Gasteiger partial charge in [-0.2, -0.15) is 5.26 Å². The summed E-state index contributed by atoms with van der Waals surface area (Å²) in [4.78, 5) is 4.44. The number of nitrogens with zero attached hydrogens (tertiary/aromatic N) is 2. The van der Waals surface area contributed by atoms with E-state index in [1.807, 2.05) is 73.7 Å². The molecule has 0 aliphatic carbocycles. The Morgan fingerprint density at radius 1 is 0.794 bits per heavy atom. The van der Waals surface area contributed by atoms with Crippen LogP contribution in [0.1, 0.15) is 16.8 Å². The Hall–Kier alpha value is -4.62. The summed E-state index contributed by atoms with van der Waals surface area (Å²) < 4.78 is 6.11. The van der Waals surface area contributed by atoms with Gasteiger partial charge in [-0.05, 0) is 46.5 Å². The van der Waals surface area contributed by atoms with Crippen LogP contribution in [-0.2, 0) is 6.61 Å². The largest absolute Gasteiger partial charge is 0.489 e. The number of hydrogen-bond acceptors (Lipinski definition) is 4. The summed E-state index contributed by atoms with van der Waals surface area (Å²) in [6, 6.07) is 34.6. The molecule has 0 atom stereocenters. The van der Waals surface area contributed by atoms with E-state index in [1.54, 1.807) is 0 Å². The summed E-state index contributed by atoms with van der Waals surface area (Å²) in [6.07, 6.45) is 0. The summed E-state index contributed by atoms with van der Waals surface area (Å²) in [5.74, 6) is 1.00. The van der Waals surface area contributed by atoms with E-state index in [2.05, 4.69) is 41.4 Å². The molecule has 4 heteroatoms. The average molecular weight is 442 g/mol. The number of pyridine rings is 1. The van der Waals surface area contributed by atoms with Crippen molar-refractivity contribution in [1.29, 1.82) is 5.26 Å². The number of fused-ring (bicyclic) bond motifs is 1. The molecule has 34 heavy (non-hydrogen) atoms. The highest BCUT2D eigenvalue weighted by Crippen LogP contribution is 2.39. The monoisotopic (exact) mass is 441 g/mol. The van der Waals surface area contributed by atoms with Crippen LogP contribution in [0, 0.1) is 18.3 Å². The van der Waals surface area contributed by atoms with E-state index in [0.29, 0.717) is 12.2 Å². The van der Waals surface area contributed by atoms with Gasteiger partial charge in [0.2, 0.25) is 0 Å². The van der Waals surface area contributed by atoms with Gasteiger partial charge < -0.3 is 10.5 Å². The molecular formula is C30H23N3O. The van der Waals surface area contributed by atoms with Crippen LogP contribution < -0.4 is 10.5 Å². The summed E-state index contributed by atoms with van der Waals surface area (Å²) in [6.45, 7) is 2.39. The second kappa shape index (κ2) is 9.09. The Bertz CT molecular complexity index is 1510. The average Bonchev–Trinajstić information content (AvgIpc) is 2.88. The number of hydrogen-bond donors (Lipinski definition) is 1. The van der Waals surface area contributed by atoms with Crippen molar-refractivity contribution < 1.29 is 4.74 Å². The Labute approximate surface area is 198 Å². The smallest absolute Gasteiger partial charge is 0.142 e. The van der Waals surface area contributed by atoms with E-state index < -0.39 is 0 Å². The van der Waals surface area contributed by atoms with Gasteiger partial charge in [-0.1, -0.05) is 84.9 Å². The van der Waals surface area contributed by atoms with Gasteiger partial charge in [-0.25, -0.2) is 4.98 Å². The van der Waals surface area contributed by atoms with Gasteiger partial charge in [0, 0.05) is 16.8 Å². The van der Waals surface area contributed by atoms with Crippen LogP contribution in [0.4, 0.5) is 5.82 Å². The fourth-order valence-electron chi connectivity index (χ4n) is 4.38. The SMILES string of the molecule is Cc1nc(N)c(C#N)c(-c2ccc(OCc3cccc4ccccc34)cc2)c1-c1ccccc1. The highest BCUT2D eigenvalue weighted by Gasteiger charge is 2.19. The summed E-state index contributed by atoms with van der Waals surface area (Å²) in [7, 11) is 0. The second-order valence-electron chi connectivity index (χ2n) is 8.14. The minimum absolute atomic E-state index is 0.242. The van der Waals surface area contributed by atoms with Crippen molar-refractivity contribution in [1.82, 2.24) is 4.98 Å². The molecule has 0 unspecified atom stereocenters. The molecule has 5 rings (SSSR count). The first kappa shape index (κ1) is 21.2. The van der Waals surface area contributed by atoms with Gasteiger partial charge in [0.05, 0.1) is 0 Å². The number of aromatic nitrogens is 1. The molecule has 0 bridgehead atoms. The Balaban J connectivity index is 1.50. The van der Waals surface area contributed by atoms with Crippen molar-refractivity contribution in [2.75, 3.05) is 5.73 Å². The Morgan fingerprint density at radius 3 is 2.24 bits per heavy atom. The van der Waals surface area contributed by atoms with E-state index in [4.69, 9.17) is 10.5 Å². The lowest BCUT2D eigenvalue weighted by Crippen LogP contribution is -2.03. The number of nitrogens with two attached hydrogens (primary N) is 1. The first-order chi connectivity index (χ1) is 16.7. The molecule has 0 saturated heterocycles. The van der Waals surface area contributed by atoms with Gasteiger partial charge in [0.15, 0.2) is 0 Å². The predicted octanol–water partition coefficient (Wildman–Crippen LogP) is 6.91. The molecule has 0 aliphatic rings. The van der Waals surface area contributed by atoms with Crippen molar-refractivity contribution in [3.63, 3.8) is 0 Å². The summed E-state index contributed by atoms with van der Waals surface area (Å²) >= 11 is 0. The van der Waals surface area contributed by atoms with Crippen molar-refractivity contribution in [3.8, 4) is 34.1 Å². The highest BCUT2D eigenvalue weighted by molar-refractivity contribution is 5.91. The third kappa shape index (κ3) is 3.96. The lowest BCUT2D eigenvalue weighted by Gasteiger charge is -2.17. The van der Waals surface area contributed by atoms with E-state index in [1.165, 1.54) is 10.8 Å². The maximum absolute atomic E-state index is 9.88. The number of anilines is 1. The molecule has 4 nitrogen and oxygen atoms in total. The molecule has 0 radical (unpaired) electrons. The molecule has 0 fully saturated rings. The van der Waals surface area contributed by atoms with Gasteiger partial charge in [-0.3, -0.25) is 0 Å². The molecule has 0 amide bonds. The number of benzene rings is 4. The van der Waals surface area contributed by atoms with Crippen LogP contribution in [0.2, 0.25) is 0 Å². The van der Waals surface area contributed by atoms with Gasteiger partial charge in [0.25, 0.3) is 0 Å². The molecule has 4 aromatic carbocycles. The number of aryl methyl sites for hydroxylation is 1. The molecule has 0 spiro atoms. The van der Waals surface area contributed by atoms with Crippen LogP contribution in [0.3, 0.4) is 0 Å². The standard InChI is InChI=1S/C30H23N3O/c1-20-28(22-9-3-2-4-10-22)29(27(18-31)30(32)33-20)23-14-16-25(17-15-23)34-19-24-12-7-11-21-8-5-6-13-26(21)24/h2-17H,19H2,1H3,(H2,32,33). The van der Waals surface area contributed by atoms with E-state index in [0.717, 1.165) is 39.3 Å². The summed E-state index contributed by atoms with van der Waals surface area (Å²) in [5.41, 5.74) is 12.0. The molecule has 164 valence electrons. The molecular weight excluding hydrogens is 418 g/mol. The third-order valence-corrected chi connectivity index (χ3v) is 6.00. The van der Waals surface area contributed by atoms with Crippen molar-refractivity contribution in [2.45, 2.75) is 13.5 Å². The fraction of sp³-hybridized carbons (Fsp3) is 0.0667. The molecule has 0 saturated carbocycles. The lowest BCUT2D eigenvalue weighted by molar-refractivity contribution is 0.308. The summed E-state index contributed by atoms with van der Waals surface area (Å²) in [5, 5.41) is 12.3. The lowest BCUT2D eigenvalue weighted by atomic mass is 9.90. The highest BCUT2D eigenvalue weighted by atomic mass is 16.5. The van der Waals surface area contributed by atoms with E-state index in [9.17, 15) is 5.26 Å². The topological polar surface area (TPSA) is 71.9 Å². The minimum Gasteiger partial charge on any atom is -0.489 e. The number of rotatable bonds is 5. The minimum atomic E-state index is 0.242. The predicted molar refractivity (Wildman–Crippen MR) is 137 cm³/mol. The maximum Gasteiger partial charge on any atom is 0.142 e. The quantitative estimate of drug-likeness (QED) is 0.322. The molecule has 5 aromatic rings. The normalized spacial score (nSPS) is 10.7. The molecule has 0 aliphatic heterocycles.